The van der Waals surface area contributed by atoms with E-state index in [0.717, 1.165) is 11.1 Å². The Labute approximate surface area is 202 Å². The maximum atomic E-state index is 14.2. The molecule has 1 fully saturated rings. The largest absolute Gasteiger partial charge is 0.496 e. The average molecular weight is 457 g/mol. The van der Waals surface area contributed by atoms with Crippen LogP contribution in [0.5, 0.6) is 5.75 Å². The molecule has 0 bridgehead atoms. The molecule has 0 radical (unpaired) electrons. The van der Waals surface area contributed by atoms with Crippen LogP contribution in [0.25, 0.3) is 0 Å². The summed E-state index contributed by atoms with van der Waals surface area (Å²) >= 11 is 0. The molecule has 3 aromatic rings. The van der Waals surface area contributed by atoms with Gasteiger partial charge in [0, 0.05) is 6.54 Å². The van der Waals surface area contributed by atoms with Gasteiger partial charge in [-0.25, -0.2) is 0 Å². The van der Waals surface area contributed by atoms with Crippen molar-refractivity contribution in [3.05, 3.63) is 102 Å². The van der Waals surface area contributed by atoms with Gasteiger partial charge in [-0.2, -0.15) is 0 Å². The zero-order valence-electron chi connectivity index (χ0n) is 20.5. The monoisotopic (exact) mass is 457 g/mol. The van der Waals surface area contributed by atoms with Crippen molar-refractivity contribution in [1.29, 1.82) is 0 Å². The molecular formula is C28H32BNO4. The minimum atomic E-state index is -0.644. The summed E-state index contributed by atoms with van der Waals surface area (Å²) in [7, 11) is 0.936. The van der Waals surface area contributed by atoms with Crippen LogP contribution < -0.4 is 4.74 Å². The van der Waals surface area contributed by atoms with Crippen LogP contribution in [-0.2, 0) is 15.9 Å². The number of carbonyl (C=O) groups excluding carboxylic acids is 1. The highest BCUT2D eigenvalue weighted by atomic mass is 16.7. The van der Waals surface area contributed by atoms with Crippen molar-refractivity contribution in [3.8, 4) is 5.75 Å². The minimum Gasteiger partial charge on any atom is -0.496 e. The highest BCUT2D eigenvalue weighted by Crippen LogP contribution is 2.42. The lowest BCUT2D eigenvalue weighted by molar-refractivity contribution is 0.00578. The van der Waals surface area contributed by atoms with Crippen molar-refractivity contribution in [2.75, 3.05) is 7.11 Å². The molecule has 1 aliphatic rings. The molecular weight excluding hydrogens is 425 g/mol. The maximum Gasteiger partial charge on any atom is 0.486 e. The van der Waals surface area contributed by atoms with E-state index < -0.39 is 24.3 Å². The Kier molecular flexibility index (Phi) is 6.83. The van der Waals surface area contributed by atoms with Crippen molar-refractivity contribution in [1.82, 2.24) is 4.90 Å². The highest BCUT2D eigenvalue weighted by molar-refractivity contribution is 6.48. The fourth-order valence-electron chi connectivity index (χ4n) is 4.20. The van der Waals surface area contributed by atoms with E-state index in [2.05, 4.69) is 0 Å². The molecule has 0 spiro atoms. The summed E-state index contributed by atoms with van der Waals surface area (Å²) in [5.41, 5.74) is 1.40. The molecule has 6 heteroatoms. The van der Waals surface area contributed by atoms with Crippen molar-refractivity contribution in [2.45, 2.75) is 51.4 Å². The number of hydrogen-bond donors (Lipinski definition) is 0. The van der Waals surface area contributed by atoms with E-state index in [1.54, 1.807) is 19.2 Å². The Bertz CT molecular complexity index is 1100. The van der Waals surface area contributed by atoms with E-state index in [4.69, 9.17) is 14.0 Å². The summed E-state index contributed by atoms with van der Waals surface area (Å²) in [5, 5.41) is 0. The topological polar surface area (TPSA) is 48.0 Å². The SMILES string of the molecule is COc1ccccc1C(=O)N(Cc1ccccc1)C(B1OC(C)(C)C(C)(C)O1)c1ccccc1. The number of hydrogen-bond acceptors (Lipinski definition) is 4. The van der Waals surface area contributed by atoms with Crippen LogP contribution in [0, 0.1) is 0 Å². The number of carbonyl (C=O) groups is 1. The van der Waals surface area contributed by atoms with E-state index in [9.17, 15) is 4.79 Å². The normalized spacial score (nSPS) is 17.3. The summed E-state index contributed by atoms with van der Waals surface area (Å²) in [6.45, 7) is 8.50. The van der Waals surface area contributed by atoms with Crippen LogP contribution in [0.2, 0.25) is 0 Å². The van der Waals surface area contributed by atoms with Crippen LogP contribution in [0.1, 0.15) is 55.1 Å². The molecule has 1 heterocycles. The predicted octanol–water partition coefficient (Wildman–Crippen LogP) is 5.71. The third kappa shape index (κ3) is 4.74. The maximum absolute atomic E-state index is 14.2. The highest BCUT2D eigenvalue weighted by Gasteiger charge is 2.56. The lowest BCUT2D eigenvalue weighted by atomic mass is 9.72. The molecule has 176 valence electrons. The number of benzene rings is 3. The zero-order valence-corrected chi connectivity index (χ0v) is 20.5. The summed E-state index contributed by atoms with van der Waals surface area (Å²) in [4.78, 5) is 16.0. The number of rotatable bonds is 7. The first-order chi connectivity index (χ1) is 16.2. The first kappa shape index (κ1) is 24.1. The molecule has 4 rings (SSSR count). The van der Waals surface area contributed by atoms with Crippen LogP contribution >= 0.6 is 0 Å². The van der Waals surface area contributed by atoms with E-state index in [1.807, 2.05) is 105 Å². The summed E-state index contributed by atoms with van der Waals surface area (Å²) in [5.74, 6) is -0.0870. The molecule has 1 amide bonds. The lowest BCUT2D eigenvalue weighted by Crippen LogP contribution is -2.44. The Morgan fingerprint density at radius 2 is 1.38 bits per heavy atom. The molecule has 0 aliphatic carbocycles. The Morgan fingerprint density at radius 3 is 1.97 bits per heavy atom. The third-order valence-electron chi connectivity index (χ3n) is 6.80. The van der Waals surface area contributed by atoms with Crippen molar-refractivity contribution in [2.24, 2.45) is 0 Å². The Hall–Kier alpha value is -3.09. The third-order valence-corrected chi connectivity index (χ3v) is 6.80. The van der Waals surface area contributed by atoms with Gasteiger partial charge in [0.05, 0.1) is 29.8 Å². The van der Waals surface area contributed by atoms with E-state index in [1.165, 1.54) is 0 Å². The number of ether oxygens (including phenoxy) is 1. The molecule has 1 atom stereocenters. The van der Waals surface area contributed by atoms with Crippen molar-refractivity contribution >= 4 is 13.0 Å². The fourth-order valence-corrected chi connectivity index (χ4v) is 4.20. The van der Waals surface area contributed by atoms with Crippen LogP contribution in [0.3, 0.4) is 0 Å². The van der Waals surface area contributed by atoms with Gasteiger partial charge in [-0.3, -0.25) is 4.79 Å². The van der Waals surface area contributed by atoms with Gasteiger partial charge in [-0.1, -0.05) is 72.8 Å². The second kappa shape index (κ2) is 9.65. The first-order valence-corrected chi connectivity index (χ1v) is 11.6. The van der Waals surface area contributed by atoms with Gasteiger partial charge in [0.15, 0.2) is 0 Å². The van der Waals surface area contributed by atoms with Gasteiger partial charge in [-0.15, -0.1) is 0 Å². The van der Waals surface area contributed by atoms with Gasteiger partial charge in [0.1, 0.15) is 5.75 Å². The number of para-hydroxylation sites is 1. The summed E-state index contributed by atoms with van der Waals surface area (Å²) in [6.07, 6.45) is 0. The van der Waals surface area contributed by atoms with Gasteiger partial charge in [0.2, 0.25) is 0 Å². The summed E-state index contributed by atoms with van der Waals surface area (Å²) in [6, 6.07) is 27.2. The molecule has 1 unspecified atom stereocenters. The lowest BCUT2D eigenvalue weighted by Gasteiger charge is -2.34. The second-order valence-corrected chi connectivity index (χ2v) is 9.60. The quantitative estimate of drug-likeness (QED) is 0.427. The van der Waals surface area contributed by atoms with E-state index in [0.29, 0.717) is 17.9 Å². The van der Waals surface area contributed by atoms with Gasteiger partial charge >= 0.3 is 7.12 Å². The molecule has 3 aromatic carbocycles. The van der Waals surface area contributed by atoms with E-state index >= 15 is 0 Å². The minimum absolute atomic E-state index is 0.148. The summed E-state index contributed by atoms with van der Waals surface area (Å²) < 4.78 is 18.5. The predicted molar refractivity (Wildman–Crippen MR) is 135 cm³/mol. The average Bonchev–Trinajstić information content (AvgIpc) is 3.05. The Morgan fingerprint density at radius 1 is 0.853 bits per heavy atom. The standard InChI is InChI=1S/C28H32BNO4/c1-27(2)28(3,4)34-29(33-27)25(22-16-10-7-11-17-22)30(20-21-14-8-6-9-15-21)26(31)23-18-12-13-19-24(23)32-5/h6-19,25H,20H2,1-5H3. The molecule has 0 N–H and O–H groups in total. The number of nitrogens with zero attached hydrogens (tertiary/aromatic N) is 1. The molecule has 1 aliphatic heterocycles. The van der Waals surface area contributed by atoms with Crippen molar-refractivity contribution < 1.29 is 18.8 Å². The van der Waals surface area contributed by atoms with Gasteiger partial charge < -0.3 is 18.9 Å². The Balaban J connectivity index is 1.84. The first-order valence-electron chi connectivity index (χ1n) is 11.6. The second-order valence-electron chi connectivity index (χ2n) is 9.60. The van der Waals surface area contributed by atoms with E-state index in [-0.39, 0.29) is 5.91 Å². The number of amides is 1. The molecule has 0 aromatic heterocycles. The van der Waals surface area contributed by atoms with Gasteiger partial charge in [0.25, 0.3) is 5.91 Å². The van der Waals surface area contributed by atoms with Crippen LogP contribution in [0.4, 0.5) is 0 Å². The number of methoxy groups -OCH3 is 1. The fraction of sp³-hybridized carbons (Fsp3) is 0.321. The van der Waals surface area contributed by atoms with Gasteiger partial charge in [-0.05, 0) is 51.0 Å². The molecule has 5 nitrogen and oxygen atoms in total. The molecule has 0 saturated carbocycles. The molecule has 34 heavy (non-hydrogen) atoms. The van der Waals surface area contributed by atoms with Crippen LogP contribution in [-0.4, -0.2) is 36.2 Å². The van der Waals surface area contributed by atoms with Crippen molar-refractivity contribution in [3.63, 3.8) is 0 Å². The molecule has 1 saturated heterocycles. The zero-order chi connectivity index (χ0) is 24.3. The van der Waals surface area contributed by atoms with Crippen LogP contribution in [0.15, 0.2) is 84.9 Å². The smallest absolute Gasteiger partial charge is 0.486 e.